The van der Waals surface area contributed by atoms with Crippen LogP contribution in [0.4, 0.5) is 0 Å². The summed E-state index contributed by atoms with van der Waals surface area (Å²) in [6.07, 6.45) is 3.97. The zero-order chi connectivity index (χ0) is 12.5. The maximum absolute atomic E-state index is 12.0. The molecule has 92 valence electrons. The van der Waals surface area contributed by atoms with E-state index in [-0.39, 0.29) is 11.9 Å². The number of carbonyl (C=O) groups excluding carboxylic acids is 1. The fourth-order valence-electron chi connectivity index (χ4n) is 2.06. The maximum Gasteiger partial charge on any atom is 0.271 e. The van der Waals surface area contributed by atoms with Crippen LogP contribution in [0.2, 0.25) is 0 Å². The lowest BCUT2D eigenvalue weighted by molar-refractivity contribution is 0.0931. The molecule has 1 heterocycles. The Morgan fingerprint density at radius 3 is 2.78 bits per heavy atom. The molecule has 1 aliphatic rings. The fourth-order valence-corrected chi connectivity index (χ4v) is 2.06. The first kappa shape index (κ1) is 11.1. The smallest absolute Gasteiger partial charge is 0.271 e. The molecule has 4 nitrogen and oxygen atoms in total. The van der Waals surface area contributed by atoms with Crippen molar-refractivity contribution in [2.45, 2.75) is 25.8 Å². The highest BCUT2D eigenvalue weighted by Gasteiger charge is 2.29. The minimum atomic E-state index is -0.132. The number of carbonyl (C=O) groups is 1. The highest BCUT2D eigenvalue weighted by atomic mass is 16.1. The number of amides is 1. The van der Waals surface area contributed by atoms with Gasteiger partial charge in [-0.3, -0.25) is 9.78 Å². The Balaban J connectivity index is 1.82. The molecule has 1 aromatic heterocycles. The van der Waals surface area contributed by atoms with Crippen LogP contribution < -0.4 is 5.32 Å². The molecule has 3 rings (SSSR count). The van der Waals surface area contributed by atoms with E-state index < -0.39 is 0 Å². The molecule has 1 saturated carbocycles. The molecule has 2 aromatic rings. The lowest BCUT2D eigenvalue weighted by Crippen LogP contribution is -2.34. The molecule has 1 fully saturated rings. The summed E-state index contributed by atoms with van der Waals surface area (Å²) in [5.41, 5.74) is 1.95. The minimum absolute atomic E-state index is 0.132. The summed E-state index contributed by atoms with van der Waals surface area (Å²) in [6, 6.07) is 7.78. The van der Waals surface area contributed by atoms with Gasteiger partial charge >= 0.3 is 0 Å². The average Bonchev–Trinajstić information content (AvgIpc) is 3.22. The van der Waals surface area contributed by atoms with E-state index in [2.05, 4.69) is 15.3 Å². The van der Waals surface area contributed by atoms with Crippen molar-refractivity contribution >= 4 is 16.9 Å². The van der Waals surface area contributed by atoms with Gasteiger partial charge in [0, 0.05) is 6.04 Å². The summed E-state index contributed by atoms with van der Waals surface area (Å²) in [7, 11) is 0. The maximum atomic E-state index is 12.0. The first-order valence-electron chi connectivity index (χ1n) is 6.27. The van der Waals surface area contributed by atoms with Crippen molar-refractivity contribution in [3.63, 3.8) is 0 Å². The number of hydrogen-bond acceptors (Lipinski definition) is 3. The molecule has 1 atom stereocenters. The summed E-state index contributed by atoms with van der Waals surface area (Å²) in [5, 5.41) is 2.98. The van der Waals surface area contributed by atoms with Crippen LogP contribution in [0.1, 0.15) is 30.3 Å². The van der Waals surface area contributed by atoms with Crippen molar-refractivity contribution in [2.75, 3.05) is 0 Å². The van der Waals surface area contributed by atoms with Crippen LogP contribution >= 0.6 is 0 Å². The zero-order valence-corrected chi connectivity index (χ0v) is 10.3. The van der Waals surface area contributed by atoms with Crippen LogP contribution in [-0.4, -0.2) is 21.9 Å². The Bertz CT molecular complexity index is 592. The standard InChI is InChI=1S/C14H15N3O/c1-9(10-6-7-10)16-14(18)13-8-15-11-4-2-3-5-12(11)17-13/h2-5,8-10H,6-7H2,1H3,(H,16,18)/t9-/m0/s1. The third kappa shape index (κ3) is 2.18. The van der Waals surface area contributed by atoms with Crippen LogP contribution in [0.3, 0.4) is 0 Å². The van der Waals surface area contributed by atoms with Crippen molar-refractivity contribution in [2.24, 2.45) is 5.92 Å². The van der Waals surface area contributed by atoms with Gasteiger partial charge < -0.3 is 5.32 Å². The van der Waals surface area contributed by atoms with E-state index in [1.807, 2.05) is 31.2 Å². The van der Waals surface area contributed by atoms with Gasteiger partial charge in [0.1, 0.15) is 5.69 Å². The number of para-hydroxylation sites is 2. The van der Waals surface area contributed by atoms with Crippen LogP contribution in [0, 0.1) is 5.92 Å². The van der Waals surface area contributed by atoms with Crippen LogP contribution in [0.5, 0.6) is 0 Å². The molecule has 0 bridgehead atoms. The fraction of sp³-hybridized carbons (Fsp3) is 0.357. The van der Waals surface area contributed by atoms with Crippen LogP contribution in [0.15, 0.2) is 30.5 Å². The number of benzene rings is 1. The van der Waals surface area contributed by atoms with Gasteiger partial charge in [0.25, 0.3) is 5.91 Å². The van der Waals surface area contributed by atoms with Gasteiger partial charge in [0.15, 0.2) is 0 Å². The van der Waals surface area contributed by atoms with Gasteiger partial charge in [-0.1, -0.05) is 12.1 Å². The molecule has 0 saturated heterocycles. The first-order valence-corrected chi connectivity index (χ1v) is 6.27. The number of fused-ring (bicyclic) bond motifs is 1. The lowest BCUT2D eigenvalue weighted by atomic mass is 10.2. The molecule has 0 radical (unpaired) electrons. The average molecular weight is 241 g/mol. The van der Waals surface area contributed by atoms with Gasteiger partial charge in [-0.05, 0) is 37.8 Å². The predicted molar refractivity (Wildman–Crippen MR) is 69.2 cm³/mol. The predicted octanol–water partition coefficient (Wildman–Crippen LogP) is 2.16. The molecule has 0 unspecified atom stereocenters. The van der Waals surface area contributed by atoms with Crippen molar-refractivity contribution in [1.29, 1.82) is 0 Å². The van der Waals surface area contributed by atoms with E-state index in [0.29, 0.717) is 11.6 Å². The van der Waals surface area contributed by atoms with Gasteiger partial charge in [0.05, 0.1) is 17.2 Å². The molecular formula is C14H15N3O. The Kier molecular flexibility index (Phi) is 2.70. The number of nitrogens with zero attached hydrogens (tertiary/aromatic N) is 2. The van der Waals surface area contributed by atoms with Gasteiger partial charge in [-0.2, -0.15) is 0 Å². The van der Waals surface area contributed by atoms with Crippen molar-refractivity contribution in [3.8, 4) is 0 Å². The number of hydrogen-bond donors (Lipinski definition) is 1. The molecule has 4 heteroatoms. The lowest BCUT2D eigenvalue weighted by Gasteiger charge is -2.12. The first-order chi connectivity index (χ1) is 8.74. The van der Waals surface area contributed by atoms with Gasteiger partial charge in [-0.25, -0.2) is 4.98 Å². The highest BCUT2D eigenvalue weighted by molar-refractivity contribution is 5.93. The number of aromatic nitrogens is 2. The monoisotopic (exact) mass is 241 g/mol. The summed E-state index contributed by atoms with van der Waals surface area (Å²) < 4.78 is 0. The van der Waals surface area contributed by atoms with Gasteiger partial charge in [0.2, 0.25) is 0 Å². The highest BCUT2D eigenvalue weighted by Crippen LogP contribution is 2.32. The molecule has 0 spiro atoms. The quantitative estimate of drug-likeness (QED) is 0.895. The number of nitrogens with one attached hydrogen (secondary N) is 1. The minimum Gasteiger partial charge on any atom is -0.348 e. The van der Waals surface area contributed by atoms with Crippen molar-refractivity contribution in [3.05, 3.63) is 36.2 Å². The third-order valence-corrected chi connectivity index (χ3v) is 3.37. The second kappa shape index (κ2) is 4.37. The molecule has 1 aliphatic carbocycles. The zero-order valence-electron chi connectivity index (χ0n) is 10.3. The Labute approximate surface area is 105 Å². The molecule has 0 aliphatic heterocycles. The normalized spacial score (nSPS) is 16.5. The van der Waals surface area contributed by atoms with Crippen molar-refractivity contribution in [1.82, 2.24) is 15.3 Å². The van der Waals surface area contributed by atoms with E-state index in [1.165, 1.54) is 19.0 Å². The molecular weight excluding hydrogens is 226 g/mol. The van der Waals surface area contributed by atoms with E-state index >= 15 is 0 Å². The van der Waals surface area contributed by atoms with Crippen LogP contribution in [-0.2, 0) is 0 Å². The number of rotatable bonds is 3. The van der Waals surface area contributed by atoms with Crippen molar-refractivity contribution < 1.29 is 4.79 Å². The second-order valence-electron chi connectivity index (χ2n) is 4.84. The largest absolute Gasteiger partial charge is 0.348 e. The van der Waals surface area contributed by atoms with E-state index in [1.54, 1.807) is 0 Å². The van der Waals surface area contributed by atoms with E-state index in [0.717, 1.165) is 11.0 Å². The second-order valence-corrected chi connectivity index (χ2v) is 4.84. The summed E-state index contributed by atoms with van der Waals surface area (Å²) in [5.74, 6) is 0.509. The molecule has 1 aromatic carbocycles. The topological polar surface area (TPSA) is 54.9 Å². The van der Waals surface area contributed by atoms with E-state index in [9.17, 15) is 4.79 Å². The summed E-state index contributed by atoms with van der Waals surface area (Å²) in [6.45, 7) is 2.05. The van der Waals surface area contributed by atoms with Crippen LogP contribution in [0.25, 0.3) is 11.0 Å². The molecule has 1 N–H and O–H groups in total. The van der Waals surface area contributed by atoms with E-state index in [4.69, 9.17) is 0 Å². The third-order valence-electron chi connectivity index (χ3n) is 3.37. The summed E-state index contributed by atoms with van der Waals surface area (Å²) >= 11 is 0. The Hall–Kier alpha value is -1.97. The summed E-state index contributed by atoms with van der Waals surface area (Å²) in [4.78, 5) is 20.6. The Morgan fingerprint density at radius 1 is 1.33 bits per heavy atom. The molecule has 1 amide bonds. The van der Waals surface area contributed by atoms with Gasteiger partial charge in [-0.15, -0.1) is 0 Å². The molecule has 18 heavy (non-hydrogen) atoms. The SMILES string of the molecule is C[C@H](NC(=O)c1cnc2ccccc2n1)C1CC1. The Morgan fingerprint density at radius 2 is 2.06 bits per heavy atom.